The van der Waals surface area contributed by atoms with Crippen LogP contribution in [0, 0.1) is 11.6 Å². The summed E-state index contributed by atoms with van der Waals surface area (Å²) in [6.45, 7) is 0. The fourth-order valence-corrected chi connectivity index (χ4v) is 2.01. The Kier molecular flexibility index (Phi) is 4.91. The third-order valence-corrected chi connectivity index (χ3v) is 3.23. The molecule has 0 aliphatic heterocycles. The molecule has 0 heterocycles. The second-order valence-electron chi connectivity index (χ2n) is 4.08. The lowest BCUT2D eigenvalue weighted by Gasteiger charge is -2.10. The topological polar surface area (TPSA) is 9.23 Å². The molecule has 0 N–H and O–H groups in total. The molecule has 0 bridgehead atoms. The first-order valence-electron chi connectivity index (χ1n) is 5.97. The Morgan fingerprint density at radius 1 is 1.00 bits per heavy atom. The van der Waals surface area contributed by atoms with E-state index in [1.165, 1.54) is 6.07 Å². The minimum absolute atomic E-state index is 0.296. The highest BCUT2D eigenvalue weighted by Crippen LogP contribution is 2.27. The first-order chi connectivity index (χ1) is 9.20. The number of alkyl halides is 1. The number of benzene rings is 2. The Morgan fingerprint density at radius 3 is 2.53 bits per heavy atom. The van der Waals surface area contributed by atoms with Crippen molar-refractivity contribution >= 4 is 15.9 Å². The Bertz CT molecular complexity index is 558. The number of para-hydroxylation sites is 1. The van der Waals surface area contributed by atoms with Gasteiger partial charge in [0.15, 0.2) is 11.6 Å². The molecule has 0 spiro atoms. The molecule has 100 valence electrons. The summed E-state index contributed by atoms with van der Waals surface area (Å²) in [5.41, 5.74) is 1.05. The number of hydrogen-bond donors (Lipinski definition) is 0. The van der Waals surface area contributed by atoms with E-state index < -0.39 is 11.6 Å². The van der Waals surface area contributed by atoms with Gasteiger partial charge in [0.05, 0.1) is 0 Å². The lowest BCUT2D eigenvalue weighted by Crippen LogP contribution is -1.93. The number of aryl methyl sites for hydroxylation is 1. The summed E-state index contributed by atoms with van der Waals surface area (Å²) in [4.78, 5) is 0. The van der Waals surface area contributed by atoms with Crippen molar-refractivity contribution in [3.8, 4) is 11.5 Å². The largest absolute Gasteiger partial charge is 0.457 e. The van der Waals surface area contributed by atoms with Crippen molar-refractivity contribution in [1.82, 2.24) is 0 Å². The van der Waals surface area contributed by atoms with Gasteiger partial charge >= 0.3 is 0 Å². The zero-order chi connectivity index (χ0) is 13.7. The first kappa shape index (κ1) is 14.0. The van der Waals surface area contributed by atoms with Gasteiger partial charge in [-0.05, 0) is 36.6 Å². The second-order valence-corrected chi connectivity index (χ2v) is 4.87. The molecule has 0 atom stereocenters. The highest BCUT2D eigenvalue weighted by molar-refractivity contribution is 9.09. The van der Waals surface area contributed by atoms with Gasteiger partial charge in [0.2, 0.25) is 0 Å². The summed E-state index contributed by atoms with van der Waals surface area (Å²) in [5, 5.41) is 0.909. The van der Waals surface area contributed by atoms with E-state index in [-0.39, 0.29) is 0 Å². The normalized spacial score (nSPS) is 10.5. The van der Waals surface area contributed by atoms with Crippen LogP contribution in [0.3, 0.4) is 0 Å². The predicted molar refractivity (Wildman–Crippen MR) is 75.0 cm³/mol. The van der Waals surface area contributed by atoms with E-state index in [0.717, 1.165) is 35.9 Å². The lowest BCUT2D eigenvalue weighted by atomic mass is 10.1. The zero-order valence-electron chi connectivity index (χ0n) is 10.2. The molecule has 2 aromatic carbocycles. The van der Waals surface area contributed by atoms with Crippen molar-refractivity contribution < 1.29 is 13.5 Å². The molecule has 0 unspecified atom stereocenters. The van der Waals surface area contributed by atoms with Crippen LogP contribution in [-0.2, 0) is 6.42 Å². The van der Waals surface area contributed by atoms with Crippen molar-refractivity contribution in [2.45, 2.75) is 12.8 Å². The van der Waals surface area contributed by atoms with Gasteiger partial charge in [-0.3, -0.25) is 0 Å². The maximum absolute atomic E-state index is 13.1. The SMILES string of the molecule is Fc1ccc(Oc2ccccc2CCCBr)cc1F. The first-order valence-corrected chi connectivity index (χ1v) is 7.09. The lowest BCUT2D eigenvalue weighted by molar-refractivity contribution is 0.457. The van der Waals surface area contributed by atoms with Crippen molar-refractivity contribution in [2.24, 2.45) is 0 Å². The highest BCUT2D eigenvalue weighted by atomic mass is 79.9. The Morgan fingerprint density at radius 2 is 1.79 bits per heavy atom. The van der Waals surface area contributed by atoms with Crippen molar-refractivity contribution in [2.75, 3.05) is 5.33 Å². The summed E-state index contributed by atoms with van der Waals surface area (Å²) in [6.07, 6.45) is 1.85. The highest BCUT2D eigenvalue weighted by Gasteiger charge is 2.07. The molecule has 0 fully saturated rings. The molecular formula is C15H13BrF2O. The standard InChI is InChI=1S/C15H13BrF2O/c16-9-3-5-11-4-1-2-6-15(11)19-12-7-8-13(17)14(18)10-12/h1-2,4,6-8,10H,3,5,9H2. The average molecular weight is 327 g/mol. The fraction of sp³-hybridized carbons (Fsp3) is 0.200. The molecule has 4 heteroatoms. The maximum Gasteiger partial charge on any atom is 0.162 e. The van der Waals surface area contributed by atoms with E-state index in [9.17, 15) is 8.78 Å². The van der Waals surface area contributed by atoms with Crippen LogP contribution >= 0.6 is 15.9 Å². The number of rotatable bonds is 5. The third kappa shape index (κ3) is 3.77. The van der Waals surface area contributed by atoms with E-state index in [1.807, 2.05) is 24.3 Å². The molecule has 0 saturated heterocycles. The second kappa shape index (κ2) is 6.66. The van der Waals surface area contributed by atoms with Crippen LogP contribution in [0.1, 0.15) is 12.0 Å². The van der Waals surface area contributed by atoms with Gasteiger partial charge in [-0.15, -0.1) is 0 Å². The fourth-order valence-electron chi connectivity index (χ4n) is 1.73. The van der Waals surface area contributed by atoms with Crippen LogP contribution in [-0.4, -0.2) is 5.33 Å². The molecule has 0 amide bonds. The summed E-state index contributed by atoms with van der Waals surface area (Å²) in [5.74, 6) is -0.810. The quantitative estimate of drug-likeness (QED) is 0.696. The maximum atomic E-state index is 13.1. The minimum atomic E-state index is -0.907. The zero-order valence-corrected chi connectivity index (χ0v) is 11.8. The molecule has 2 rings (SSSR count). The van der Waals surface area contributed by atoms with Gasteiger partial charge < -0.3 is 4.74 Å². The van der Waals surface area contributed by atoms with Crippen molar-refractivity contribution in [3.05, 3.63) is 59.7 Å². The average Bonchev–Trinajstić information content (AvgIpc) is 2.42. The van der Waals surface area contributed by atoms with E-state index >= 15 is 0 Å². The van der Waals surface area contributed by atoms with E-state index in [4.69, 9.17) is 4.74 Å². The smallest absolute Gasteiger partial charge is 0.162 e. The van der Waals surface area contributed by atoms with Crippen molar-refractivity contribution in [3.63, 3.8) is 0 Å². The van der Waals surface area contributed by atoms with Crippen LogP contribution in [0.5, 0.6) is 11.5 Å². The Balaban J connectivity index is 2.20. The summed E-state index contributed by atoms with van der Waals surface area (Å²) in [6, 6.07) is 11.1. The van der Waals surface area contributed by atoms with Crippen molar-refractivity contribution in [1.29, 1.82) is 0 Å². The molecule has 0 aliphatic rings. The van der Waals surface area contributed by atoms with E-state index in [1.54, 1.807) is 0 Å². The molecule has 19 heavy (non-hydrogen) atoms. The van der Waals surface area contributed by atoms with Gasteiger partial charge in [0, 0.05) is 11.4 Å². The van der Waals surface area contributed by atoms with E-state index in [2.05, 4.69) is 15.9 Å². The van der Waals surface area contributed by atoms with Crippen LogP contribution in [0.15, 0.2) is 42.5 Å². The van der Waals surface area contributed by atoms with Gasteiger partial charge in [0.1, 0.15) is 11.5 Å². The molecular weight excluding hydrogens is 314 g/mol. The van der Waals surface area contributed by atoms with Crippen LogP contribution in [0.25, 0.3) is 0 Å². The molecule has 0 aliphatic carbocycles. The van der Waals surface area contributed by atoms with E-state index in [0.29, 0.717) is 11.5 Å². The molecule has 0 saturated carbocycles. The van der Waals surface area contributed by atoms with Crippen LogP contribution in [0.4, 0.5) is 8.78 Å². The van der Waals surface area contributed by atoms with Gasteiger partial charge in [-0.25, -0.2) is 8.78 Å². The summed E-state index contributed by atoms with van der Waals surface area (Å²) < 4.78 is 31.6. The summed E-state index contributed by atoms with van der Waals surface area (Å²) in [7, 11) is 0. The Labute approximate surface area is 119 Å². The molecule has 0 aromatic heterocycles. The Hall–Kier alpha value is -1.42. The van der Waals surface area contributed by atoms with Crippen LogP contribution < -0.4 is 4.74 Å². The minimum Gasteiger partial charge on any atom is -0.457 e. The number of halogens is 3. The van der Waals surface area contributed by atoms with Gasteiger partial charge in [-0.1, -0.05) is 34.1 Å². The van der Waals surface area contributed by atoms with Gasteiger partial charge in [-0.2, -0.15) is 0 Å². The third-order valence-electron chi connectivity index (χ3n) is 2.67. The van der Waals surface area contributed by atoms with Gasteiger partial charge in [0.25, 0.3) is 0 Å². The predicted octanol–water partition coefficient (Wildman–Crippen LogP) is 5.08. The summed E-state index contributed by atoms with van der Waals surface area (Å²) >= 11 is 3.38. The molecule has 0 radical (unpaired) electrons. The monoisotopic (exact) mass is 326 g/mol. The van der Waals surface area contributed by atoms with Crippen LogP contribution in [0.2, 0.25) is 0 Å². The molecule has 1 nitrogen and oxygen atoms in total. The molecule has 2 aromatic rings. The number of hydrogen-bond acceptors (Lipinski definition) is 1. The number of ether oxygens (including phenoxy) is 1.